The molecule has 1 aromatic carbocycles. The summed E-state index contributed by atoms with van der Waals surface area (Å²) in [6.45, 7) is 13.2. The van der Waals surface area contributed by atoms with Crippen LogP contribution in [0, 0.1) is 0 Å². The quantitative estimate of drug-likeness (QED) is 0.445. The Kier molecular flexibility index (Phi) is 12.0. The van der Waals surface area contributed by atoms with Crippen LogP contribution in [0.1, 0.15) is 64.7 Å². The zero-order valence-corrected chi connectivity index (χ0v) is 20.2. The Labute approximate surface area is 192 Å². The SMILES string of the molecule is C/C=C(NC(=O)c1cccc(N(CC)C(C)=O)c1)\C(=C/C)C(=O)NC1CCNCC1.CC. The predicted octanol–water partition coefficient (Wildman–Crippen LogP) is 3.53. The van der Waals surface area contributed by atoms with E-state index in [-0.39, 0.29) is 23.8 Å². The third-order valence-electron chi connectivity index (χ3n) is 5.15. The number of nitrogens with one attached hydrogen (secondary N) is 3. The van der Waals surface area contributed by atoms with Crippen LogP contribution in [0.3, 0.4) is 0 Å². The van der Waals surface area contributed by atoms with Gasteiger partial charge in [0.2, 0.25) is 5.91 Å². The molecule has 1 heterocycles. The first-order valence-electron chi connectivity index (χ1n) is 11.4. The van der Waals surface area contributed by atoms with Crippen molar-refractivity contribution < 1.29 is 14.4 Å². The number of hydrogen-bond donors (Lipinski definition) is 3. The number of piperidine rings is 1. The molecule has 0 saturated carbocycles. The lowest BCUT2D eigenvalue weighted by atomic mass is 10.0. The standard InChI is InChI=1S/C23H32N4O3.C2H6/c1-5-20(23(30)25-18-11-13-24-14-12-18)21(6-2)26-22(29)17-9-8-10-19(15-17)27(7-3)16(4)28;1-2/h5-6,8-10,15,18,24H,7,11-14H2,1-4H3,(H,25,30)(H,26,29);1-2H3/b20-5+,21-6+;. The average molecular weight is 443 g/mol. The molecule has 0 radical (unpaired) electrons. The van der Waals surface area contributed by atoms with Gasteiger partial charge in [0.15, 0.2) is 0 Å². The number of rotatable bonds is 7. The van der Waals surface area contributed by atoms with Gasteiger partial charge < -0.3 is 20.9 Å². The lowest BCUT2D eigenvalue weighted by Gasteiger charge is -2.24. The first-order chi connectivity index (χ1) is 15.4. The number of benzene rings is 1. The van der Waals surface area contributed by atoms with E-state index in [1.807, 2.05) is 20.8 Å². The lowest BCUT2D eigenvalue weighted by Crippen LogP contribution is -2.44. The zero-order chi connectivity index (χ0) is 24.1. The first kappa shape index (κ1) is 27.1. The summed E-state index contributed by atoms with van der Waals surface area (Å²) in [5.74, 6) is -0.617. The summed E-state index contributed by atoms with van der Waals surface area (Å²) in [6.07, 6.45) is 5.19. The van der Waals surface area contributed by atoms with Gasteiger partial charge in [-0.15, -0.1) is 0 Å². The van der Waals surface area contributed by atoms with Crippen molar-refractivity contribution in [1.82, 2.24) is 16.0 Å². The second-order valence-corrected chi connectivity index (χ2v) is 7.17. The average Bonchev–Trinajstić information content (AvgIpc) is 2.81. The molecule has 0 bridgehead atoms. The van der Waals surface area contributed by atoms with E-state index in [0.29, 0.717) is 29.1 Å². The molecule has 1 aromatic rings. The van der Waals surface area contributed by atoms with Gasteiger partial charge in [-0.2, -0.15) is 0 Å². The van der Waals surface area contributed by atoms with Crippen molar-refractivity contribution in [3.63, 3.8) is 0 Å². The minimum absolute atomic E-state index is 0.0880. The monoisotopic (exact) mass is 442 g/mol. The Morgan fingerprint density at radius 1 is 1.12 bits per heavy atom. The molecule has 0 aromatic heterocycles. The summed E-state index contributed by atoms with van der Waals surface area (Å²) in [5, 5.41) is 9.18. The lowest BCUT2D eigenvalue weighted by molar-refractivity contribution is -0.118. The molecule has 0 spiro atoms. The van der Waals surface area contributed by atoms with E-state index >= 15 is 0 Å². The maximum absolute atomic E-state index is 12.9. The van der Waals surface area contributed by atoms with Crippen LogP contribution in [-0.4, -0.2) is 43.4 Å². The Morgan fingerprint density at radius 3 is 2.31 bits per heavy atom. The summed E-state index contributed by atoms with van der Waals surface area (Å²) >= 11 is 0. The number of anilines is 1. The maximum atomic E-state index is 12.9. The highest BCUT2D eigenvalue weighted by Gasteiger charge is 2.21. The van der Waals surface area contributed by atoms with Crippen LogP contribution in [0.4, 0.5) is 5.69 Å². The fourth-order valence-electron chi connectivity index (χ4n) is 3.53. The van der Waals surface area contributed by atoms with Crippen LogP contribution in [0.25, 0.3) is 0 Å². The molecule has 1 aliphatic rings. The van der Waals surface area contributed by atoms with Gasteiger partial charge in [0, 0.05) is 36.5 Å². The van der Waals surface area contributed by atoms with Crippen molar-refractivity contribution in [2.75, 3.05) is 24.5 Å². The molecular weight excluding hydrogens is 404 g/mol. The molecule has 0 atom stereocenters. The van der Waals surface area contributed by atoms with Gasteiger partial charge in [-0.3, -0.25) is 14.4 Å². The first-order valence-corrected chi connectivity index (χ1v) is 11.4. The zero-order valence-electron chi connectivity index (χ0n) is 20.2. The van der Waals surface area contributed by atoms with Gasteiger partial charge in [0.1, 0.15) is 0 Å². The number of carbonyl (C=O) groups excluding carboxylic acids is 3. The molecule has 1 saturated heterocycles. The number of amides is 3. The summed E-state index contributed by atoms with van der Waals surface area (Å²) in [7, 11) is 0. The molecule has 176 valence electrons. The summed E-state index contributed by atoms with van der Waals surface area (Å²) in [6, 6.07) is 7.03. The fraction of sp³-hybridized carbons (Fsp3) is 0.480. The molecule has 3 amide bonds. The van der Waals surface area contributed by atoms with E-state index in [1.165, 1.54) is 6.92 Å². The molecule has 1 fully saturated rings. The van der Waals surface area contributed by atoms with Gasteiger partial charge in [0.05, 0.1) is 5.57 Å². The van der Waals surface area contributed by atoms with Gasteiger partial charge in [-0.25, -0.2) is 0 Å². The van der Waals surface area contributed by atoms with Crippen molar-refractivity contribution in [2.24, 2.45) is 0 Å². The Morgan fingerprint density at radius 2 is 1.78 bits per heavy atom. The van der Waals surface area contributed by atoms with Crippen molar-refractivity contribution in [3.8, 4) is 0 Å². The normalized spacial score (nSPS) is 14.7. The number of nitrogens with zero attached hydrogens (tertiary/aromatic N) is 1. The third kappa shape index (κ3) is 7.64. The molecule has 0 unspecified atom stereocenters. The van der Waals surface area contributed by atoms with Crippen molar-refractivity contribution in [2.45, 2.75) is 60.4 Å². The predicted molar refractivity (Wildman–Crippen MR) is 131 cm³/mol. The third-order valence-corrected chi connectivity index (χ3v) is 5.15. The molecular formula is C25H38N4O3. The number of hydrogen-bond acceptors (Lipinski definition) is 4. The topological polar surface area (TPSA) is 90.5 Å². The van der Waals surface area contributed by atoms with Gasteiger partial charge in [-0.1, -0.05) is 32.1 Å². The van der Waals surface area contributed by atoms with Crippen LogP contribution in [0.15, 0.2) is 47.7 Å². The highest BCUT2D eigenvalue weighted by Crippen LogP contribution is 2.18. The van der Waals surface area contributed by atoms with Crippen molar-refractivity contribution in [3.05, 3.63) is 53.3 Å². The van der Waals surface area contributed by atoms with Crippen LogP contribution in [-0.2, 0) is 9.59 Å². The molecule has 7 nitrogen and oxygen atoms in total. The smallest absolute Gasteiger partial charge is 0.255 e. The fourth-order valence-corrected chi connectivity index (χ4v) is 3.53. The van der Waals surface area contributed by atoms with Crippen molar-refractivity contribution in [1.29, 1.82) is 0 Å². The van der Waals surface area contributed by atoms with E-state index in [1.54, 1.807) is 55.2 Å². The van der Waals surface area contributed by atoms with Gasteiger partial charge >= 0.3 is 0 Å². The molecule has 0 aliphatic carbocycles. The Balaban J connectivity index is 0.00000249. The highest BCUT2D eigenvalue weighted by molar-refractivity contribution is 6.02. The van der Waals surface area contributed by atoms with E-state index in [2.05, 4.69) is 16.0 Å². The number of allylic oxidation sites excluding steroid dienone is 2. The van der Waals surface area contributed by atoms with Crippen molar-refractivity contribution >= 4 is 23.4 Å². The van der Waals surface area contributed by atoms with Gasteiger partial charge in [-0.05, 0) is 64.9 Å². The maximum Gasteiger partial charge on any atom is 0.255 e. The largest absolute Gasteiger partial charge is 0.349 e. The second kappa shape index (κ2) is 14.2. The molecule has 2 rings (SSSR count). The highest BCUT2D eigenvalue weighted by atomic mass is 16.2. The van der Waals surface area contributed by atoms with Crippen LogP contribution < -0.4 is 20.9 Å². The Hall–Kier alpha value is -2.93. The van der Waals surface area contributed by atoms with Crippen LogP contribution >= 0.6 is 0 Å². The Bertz CT molecular complexity index is 839. The van der Waals surface area contributed by atoms with E-state index in [4.69, 9.17) is 0 Å². The second-order valence-electron chi connectivity index (χ2n) is 7.17. The molecule has 3 N–H and O–H groups in total. The minimum Gasteiger partial charge on any atom is -0.349 e. The molecule has 1 aliphatic heterocycles. The van der Waals surface area contributed by atoms with E-state index in [9.17, 15) is 14.4 Å². The minimum atomic E-state index is -0.335. The molecule has 7 heteroatoms. The van der Waals surface area contributed by atoms with Crippen LogP contribution in [0.5, 0.6) is 0 Å². The summed E-state index contributed by atoms with van der Waals surface area (Å²) in [5.41, 5.74) is 1.97. The molecule has 32 heavy (non-hydrogen) atoms. The van der Waals surface area contributed by atoms with E-state index < -0.39 is 0 Å². The summed E-state index contributed by atoms with van der Waals surface area (Å²) < 4.78 is 0. The van der Waals surface area contributed by atoms with E-state index in [0.717, 1.165) is 25.9 Å². The van der Waals surface area contributed by atoms with Gasteiger partial charge in [0.25, 0.3) is 11.8 Å². The number of carbonyl (C=O) groups is 3. The summed E-state index contributed by atoms with van der Waals surface area (Å²) in [4.78, 5) is 39.0. The van der Waals surface area contributed by atoms with Crippen LogP contribution in [0.2, 0.25) is 0 Å².